The Morgan fingerprint density at radius 2 is 2.00 bits per heavy atom. The zero-order valence-electron chi connectivity index (χ0n) is 12.1. The SMILES string of the molecule is CCc1nc(CC)n(CC(=O)c2ccccc2OC)n1. The highest BCUT2D eigenvalue weighted by atomic mass is 16.5. The van der Waals surface area contributed by atoms with Crippen LogP contribution in [0.5, 0.6) is 5.75 Å². The molecule has 0 spiro atoms. The Morgan fingerprint density at radius 1 is 1.25 bits per heavy atom. The van der Waals surface area contributed by atoms with Crippen molar-refractivity contribution in [2.45, 2.75) is 33.2 Å². The van der Waals surface area contributed by atoms with E-state index in [1.165, 1.54) is 0 Å². The molecule has 5 nitrogen and oxygen atoms in total. The number of ether oxygens (including phenoxy) is 1. The number of hydrogen-bond acceptors (Lipinski definition) is 4. The lowest BCUT2D eigenvalue weighted by atomic mass is 10.1. The summed E-state index contributed by atoms with van der Waals surface area (Å²) >= 11 is 0. The number of hydrogen-bond donors (Lipinski definition) is 0. The second-order valence-electron chi connectivity index (χ2n) is 4.43. The van der Waals surface area contributed by atoms with Crippen molar-refractivity contribution in [2.24, 2.45) is 0 Å². The van der Waals surface area contributed by atoms with Crippen molar-refractivity contribution >= 4 is 5.78 Å². The molecule has 0 aliphatic carbocycles. The van der Waals surface area contributed by atoms with Gasteiger partial charge in [0.1, 0.15) is 18.1 Å². The van der Waals surface area contributed by atoms with E-state index in [1.807, 2.05) is 26.0 Å². The Bertz CT molecular complexity index is 605. The quantitative estimate of drug-likeness (QED) is 0.758. The summed E-state index contributed by atoms with van der Waals surface area (Å²) in [6.07, 6.45) is 1.52. The maximum Gasteiger partial charge on any atom is 0.188 e. The fourth-order valence-corrected chi connectivity index (χ4v) is 2.06. The third-order valence-corrected chi connectivity index (χ3v) is 3.13. The van der Waals surface area contributed by atoms with Crippen LogP contribution in [0, 0.1) is 0 Å². The number of aryl methyl sites for hydroxylation is 2. The molecule has 1 heterocycles. The smallest absolute Gasteiger partial charge is 0.188 e. The van der Waals surface area contributed by atoms with E-state index in [0.717, 1.165) is 24.5 Å². The molecule has 5 heteroatoms. The minimum absolute atomic E-state index is 0.0234. The van der Waals surface area contributed by atoms with Gasteiger partial charge in [0.15, 0.2) is 11.6 Å². The van der Waals surface area contributed by atoms with Gasteiger partial charge in [-0.15, -0.1) is 0 Å². The van der Waals surface area contributed by atoms with Gasteiger partial charge in [0.2, 0.25) is 0 Å². The summed E-state index contributed by atoms with van der Waals surface area (Å²) < 4.78 is 6.91. The summed E-state index contributed by atoms with van der Waals surface area (Å²) in [5.74, 6) is 2.18. The second kappa shape index (κ2) is 6.32. The van der Waals surface area contributed by atoms with Crippen molar-refractivity contribution in [1.29, 1.82) is 0 Å². The molecule has 2 rings (SSSR count). The fraction of sp³-hybridized carbons (Fsp3) is 0.400. The molecule has 0 amide bonds. The highest BCUT2D eigenvalue weighted by Crippen LogP contribution is 2.18. The van der Waals surface area contributed by atoms with Gasteiger partial charge >= 0.3 is 0 Å². The monoisotopic (exact) mass is 273 g/mol. The van der Waals surface area contributed by atoms with Crippen LogP contribution in [-0.4, -0.2) is 27.7 Å². The van der Waals surface area contributed by atoms with Crippen molar-refractivity contribution < 1.29 is 9.53 Å². The molecule has 1 aromatic heterocycles. The molecule has 0 fully saturated rings. The van der Waals surface area contributed by atoms with Crippen LogP contribution < -0.4 is 4.74 Å². The summed E-state index contributed by atoms with van der Waals surface area (Å²) in [6, 6.07) is 7.23. The van der Waals surface area contributed by atoms with Gasteiger partial charge in [0, 0.05) is 12.8 Å². The average molecular weight is 273 g/mol. The van der Waals surface area contributed by atoms with Gasteiger partial charge in [-0.25, -0.2) is 9.67 Å². The Labute approximate surface area is 118 Å². The molecule has 0 aliphatic rings. The van der Waals surface area contributed by atoms with Crippen LogP contribution in [0.2, 0.25) is 0 Å². The first kappa shape index (κ1) is 14.2. The number of nitrogens with zero attached hydrogens (tertiary/aromatic N) is 3. The molecular weight excluding hydrogens is 254 g/mol. The van der Waals surface area contributed by atoms with Crippen LogP contribution in [0.15, 0.2) is 24.3 Å². The Kier molecular flexibility index (Phi) is 4.50. The summed E-state index contributed by atoms with van der Waals surface area (Å²) in [5.41, 5.74) is 0.575. The van der Waals surface area contributed by atoms with E-state index in [0.29, 0.717) is 11.3 Å². The Morgan fingerprint density at radius 3 is 2.65 bits per heavy atom. The maximum atomic E-state index is 12.4. The van der Waals surface area contributed by atoms with E-state index < -0.39 is 0 Å². The molecule has 0 N–H and O–H groups in total. The van der Waals surface area contributed by atoms with Crippen LogP contribution in [-0.2, 0) is 19.4 Å². The Balaban J connectivity index is 2.25. The number of rotatable bonds is 6. The Hall–Kier alpha value is -2.17. The maximum absolute atomic E-state index is 12.4. The van der Waals surface area contributed by atoms with Gasteiger partial charge < -0.3 is 4.74 Å². The third kappa shape index (κ3) is 2.87. The zero-order chi connectivity index (χ0) is 14.5. The van der Waals surface area contributed by atoms with Gasteiger partial charge in [-0.2, -0.15) is 5.10 Å². The van der Waals surface area contributed by atoms with E-state index in [1.54, 1.807) is 23.9 Å². The third-order valence-electron chi connectivity index (χ3n) is 3.13. The highest BCUT2D eigenvalue weighted by molar-refractivity contribution is 5.98. The predicted molar refractivity (Wildman–Crippen MR) is 76.1 cm³/mol. The van der Waals surface area contributed by atoms with Crippen molar-refractivity contribution in [1.82, 2.24) is 14.8 Å². The first-order valence-corrected chi connectivity index (χ1v) is 6.78. The largest absolute Gasteiger partial charge is 0.496 e. The molecule has 0 saturated heterocycles. The molecule has 0 unspecified atom stereocenters. The zero-order valence-corrected chi connectivity index (χ0v) is 12.1. The minimum Gasteiger partial charge on any atom is -0.496 e. The van der Waals surface area contributed by atoms with Crippen LogP contribution in [0.25, 0.3) is 0 Å². The second-order valence-corrected chi connectivity index (χ2v) is 4.43. The number of benzene rings is 1. The average Bonchev–Trinajstić information content (AvgIpc) is 2.89. The van der Waals surface area contributed by atoms with E-state index in [4.69, 9.17) is 4.74 Å². The molecule has 1 aromatic carbocycles. The van der Waals surface area contributed by atoms with Gasteiger partial charge in [0.25, 0.3) is 0 Å². The molecule has 0 bridgehead atoms. The topological polar surface area (TPSA) is 57.0 Å². The lowest BCUT2D eigenvalue weighted by Crippen LogP contribution is -2.15. The van der Waals surface area contributed by atoms with Gasteiger partial charge in [-0.05, 0) is 12.1 Å². The summed E-state index contributed by atoms with van der Waals surface area (Å²) in [5, 5.41) is 4.36. The standard InChI is InChI=1S/C15H19N3O2/c1-4-14-16-15(5-2)18(17-14)10-12(19)11-8-6-7-9-13(11)20-3/h6-9H,4-5,10H2,1-3H3. The van der Waals surface area contributed by atoms with E-state index in [9.17, 15) is 4.79 Å². The number of ketones is 1. The van der Waals surface area contributed by atoms with Crippen LogP contribution >= 0.6 is 0 Å². The van der Waals surface area contributed by atoms with Gasteiger partial charge in [0.05, 0.1) is 12.7 Å². The van der Waals surface area contributed by atoms with E-state index in [2.05, 4.69) is 10.1 Å². The van der Waals surface area contributed by atoms with Crippen molar-refractivity contribution in [3.63, 3.8) is 0 Å². The number of aromatic nitrogens is 3. The van der Waals surface area contributed by atoms with Crippen LogP contribution in [0.3, 0.4) is 0 Å². The molecule has 0 radical (unpaired) electrons. The number of carbonyl (C=O) groups is 1. The van der Waals surface area contributed by atoms with E-state index >= 15 is 0 Å². The first-order chi connectivity index (χ1) is 9.69. The fourth-order valence-electron chi connectivity index (χ4n) is 2.06. The van der Waals surface area contributed by atoms with Crippen molar-refractivity contribution in [3.05, 3.63) is 41.5 Å². The molecule has 0 atom stereocenters. The van der Waals surface area contributed by atoms with Crippen LogP contribution in [0.4, 0.5) is 0 Å². The summed E-state index contributed by atoms with van der Waals surface area (Å²) in [7, 11) is 1.56. The van der Waals surface area contributed by atoms with Crippen molar-refractivity contribution in [2.75, 3.05) is 7.11 Å². The number of carbonyl (C=O) groups excluding carboxylic acids is 1. The van der Waals surface area contributed by atoms with Crippen molar-refractivity contribution in [3.8, 4) is 5.75 Å². The van der Waals surface area contributed by atoms with E-state index in [-0.39, 0.29) is 12.3 Å². The van der Waals surface area contributed by atoms with Crippen LogP contribution in [0.1, 0.15) is 35.9 Å². The lowest BCUT2D eigenvalue weighted by molar-refractivity contribution is 0.0963. The lowest BCUT2D eigenvalue weighted by Gasteiger charge is -2.08. The number of methoxy groups -OCH3 is 1. The molecule has 2 aromatic rings. The first-order valence-electron chi connectivity index (χ1n) is 6.78. The highest BCUT2D eigenvalue weighted by Gasteiger charge is 2.15. The number of Topliss-reactive ketones (excluding diaryl/α,β-unsaturated/α-hetero) is 1. The molecule has 0 saturated carbocycles. The summed E-state index contributed by atoms with van der Waals surface area (Å²) in [4.78, 5) is 16.8. The predicted octanol–water partition coefficient (Wildman–Crippen LogP) is 2.29. The molecule has 106 valence electrons. The molecule has 0 aliphatic heterocycles. The minimum atomic E-state index is -0.0234. The molecule has 20 heavy (non-hydrogen) atoms. The number of para-hydroxylation sites is 1. The van der Waals surface area contributed by atoms with Gasteiger partial charge in [-0.3, -0.25) is 4.79 Å². The molecular formula is C15H19N3O2. The summed E-state index contributed by atoms with van der Waals surface area (Å²) in [6.45, 7) is 4.20. The normalized spacial score (nSPS) is 10.6. The van der Waals surface area contributed by atoms with Gasteiger partial charge in [-0.1, -0.05) is 26.0 Å².